The molecule has 0 spiro atoms. The smallest absolute Gasteiger partial charge is 0.243 e. The molecule has 0 saturated carbocycles. The summed E-state index contributed by atoms with van der Waals surface area (Å²) in [6.45, 7) is 2.07. The molecule has 0 atom stereocenters. The number of nitrogens with one attached hydrogen (secondary N) is 2. The molecule has 0 heterocycles. The Morgan fingerprint density at radius 2 is 1.57 bits per heavy atom. The summed E-state index contributed by atoms with van der Waals surface area (Å²) >= 11 is 0. The Labute approximate surface area is 136 Å². The Bertz CT molecular complexity index is 636. The maximum atomic E-state index is 11.8. The van der Waals surface area contributed by atoms with Gasteiger partial charge in [-0.05, 0) is 36.1 Å². The summed E-state index contributed by atoms with van der Waals surface area (Å²) in [6, 6.07) is 17.5. The van der Waals surface area contributed by atoms with Gasteiger partial charge in [-0.15, -0.1) is 0 Å². The highest BCUT2D eigenvalue weighted by atomic mass is 16.2. The lowest BCUT2D eigenvalue weighted by atomic mass is 10.1. The highest BCUT2D eigenvalue weighted by molar-refractivity contribution is 5.94. The van der Waals surface area contributed by atoms with E-state index in [0.29, 0.717) is 12.8 Å². The second kappa shape index (κ2) is 8.73. The van der Waals surface area contributed by atoms with Crippen molar-refractivity contribution in [3.05, 3.63) is 65.7 Å². The normalized spacial score (nSPS) is 10.1. The van der Waals surface area contributed by atoms with E-state index >= 15 is 0 Å². The average Bonchev–Trinajstić information content (AvgIpc) is 2.60. The van der Waals surface area contributed by atoms with Gasteiger partial charge in [0.05, 0.1) is 6.54 Å². The largest absolute Gasteiger partial charge is 0.347 e. The van der Waals surface area contributed by atoms with Crippen LogP contribution in [0.25, 0.3) is 0 Å². The fourth-order valence-electron chi connectivity index (χ4n) is 2.20. The maximum Gasteiger partial charge on any atom is 0.243 e. The molecular formula is C19H22N2O2. The molecule has 2 rings (SSSR count). The number of amides is 2. The number of hydrogen-bond acceptors (Lipinski definition) is 2. The van der Waals surface area contributed by atoms with E-state index < -0.39 is 0 Å². The van der Waals surface area contributed by atoms with Crippen molar-refractivity contribution in [2.24, 2.45) is 0 Å². The van der Waals surface area contributed by atoms with Crippen LogP contribution in [0.4, 0.5) is 5.69 Å². The van der Waals surface area contributed by atoms with Crippen molar-refractivity contribution in [3.63, 3.8) is 0 Å². The Kier molecular flexibility index (Phi) is 6.36. The van der Waals surface area contributed by atoms with Crippen molar-refractivity contribution in [2.45, 2.75) is 26.2 Å². The second-order valence-corrected chi connectivity index (χ2v) is 5.36. The van der Waals surface area contributed by atoms with Crippen LogP contribution in [0.15, 0.2) is 54.6 Å². The molecule has 0 aromatic heterocycles. The van der Waals surface area contributed by atoms with Crippen LogP contribution in [0.2, 0.25) is 0 Å². The summed E-state index contributed by atoms with van der Waals surface area (Å²) in [6.07, 6.45) is 2.01. The number of hydrogen-bond donors (Lipinski definition) is 2. The molecule has 0 unspecified atom stereocenters. The zero-order valence-corrected chi connectivity index (χ0v) is 13.3. The molecule has 2 amide bonds. The molecule has 2 N–H and O–H groups in total. The zero-order valence-electron chi connectivity index (χ0n) is 13.3. The van der Waals surface area contributed by atoms with E-state index in [0.717, 1.165) is 17.7 Å². The van der Waals surface area contributed by atoms with Crippen LogP contribution >= 0.6 is 0 Å². The second-order valence-electron chi connectivity index (χ2n) is 5.36. The zero-order chi connectivity index (χ0) is 16.5. The van der Waals surface area contributed by atoms with Crippen LogP contribution in [0.3, 0.4) is 0 Å². The first-order valence-electron chi connectivity index (χ1n) is 7.87. The third-order valence-electron chi connectivity index (χ3n) is 3.58. The van der Waals surface area contributed by atoms with E-state index in [1.165, 1.54) is 5.56 Å². The van der Waals surface area contributed by atoms with Crippen molar-refractivity contribution < 1.29 is 9.59 Å². The number of aryl methyl sites for hydroxylation is 2. The standard InChI is InChI=1S/C19H22N2O2/c1-2-15-8-11-17(12-9-15)21-19(23)14-20-18(22)13-10-16-6-4-3-5-7-16/h3-9,11-12H,2,10,13-14H2,1H3,(H,20,22)(H,21,23). The lowest BCUT2D eigenvalue weighted by Crippen LogP contribution is -2.32. The van der Waals surface area contributed by atoms with E-state index in [1.807, 2.05) is 54.6 Å². The molecule has 0 aliphatic heterocycles. The fourth-order valence-corrected chi connectivity index (χ4v) is 2.20. The first kappa shape index (κ1) is 16.7. The summed E-state index contributed by atoms with van der Waals surface area (Å²) in [7, 11) is 0. The van der Waals surface area contributed by atoms with Gasteiger partial charge in [-0.1, -0.05) is 49.4 Å². The molecule has 0 aliphatic rings. The highest BCUT2D eigenvalue weighted by Crippen LogP contribution is 2.09. The molecule has 0 saturated heterocycles. The summed E-state index contributed by atoms with van der Waals surface area (Å²) in [5.41, 5.74) is 3.08. The minimum absolute atomic E-state index is 0.0108. The van der Waals surface area contributed by atoms with E-state index in [1.54, 1.807) is 0 Å². The molecule has 23 heavy (non-hydrogen) atoms. The first-order valence-corrected chi connectivity index (χ1v) is 7.87. The minimum Gasteiger partial charge on any atom is -0.347 e. The Morgan fingerprint density at radius 3 is 2.22 bits per heavy atom. The molecular weight excluding hydrogens is 288 g/mol. The summed E-state index contributed by atoms with van der Waals surface area (Å²) in [5, 5.41) is 5.41. The van der Waals surface area contributed by atoms with Gasteiger partial charge in [0.25, 0.3) is 0 Å². The number of benzene rings is 2. The molecule has 4 heteroatoms. The van der Waals surface area contributed by atoms with Crippen molar-refractivity contribution in [1.82, 2.24) is 5.32 Å². The number of anilines is 1. The topological polar surface area (TPSA) is 58.2 Å². The molecule has 120 valence electrons. The van der Waals surface area contributed by atoms with Crippen LogP contribution in [0.1, 0.15) is 24.5 Å². The maximum absolute atomic E-state index is 11.8. The van der Waals surface area contributed by atoms with Gasteiger partial charge in [-0.3, -0.25) is 9.59 Å². The molecule has 4 nitrogen and oxygen atoms in total. The lowest BCUT2D eigenvalue weighted by molar-refractivity contribution is -0.124. The summed E-state index contributed by atoms with van der Waals surface area (Å²) in [5.74, 6) is -0.340. The average molecular weight is 310 g/mol. The van der Waals surface area contributed by atoms with Crippen molar-refractivity contribution in [1.29, 1.82) is 0 Å². The van der Waals surface area contributed by atoms with Crippen LogP contribution in [0, 0.1) is 0 Å². The quantitative estimate of drug-likeness (QED) is 0.826. The summed E-state index contributed by atoms with van der Waals surface area (Å²) in [4.78, 5) is 23.6. The van der Waals surface area contributed by atoms with Gasteiger partial charge >= 0.3 is 0 Å². The Hall–Kier alpha value is -2.62. The fraction of sp³-hybridized carbons (Fsp3) is 0.263. The third kappa shape index (κ3) is 5.94. The van der Waals surface area contributed by atoms with Crippen molar-refractivity contribution >= 4 is 17.5 Å². The van der Waals surface area contributed by atoms with Crippen LogP contribution < -0.4 is 10.6 Å². The predicted octanol–water partition coefficient (Wildman–Crippen LogP) is 2.94. The summed E-state index contributed by atoms with van der Waals surface area (Å²) < 4.78 is 0. The SMILES string of the molecule is CCc1ccc(NC(=O)CNC(=O)CCc2ccccc2)cc1. The van der Waals surface area contributed by atoms with E-state index in [-0.39, 0.29) is 18.4 Å². The van der Waals surface area contributed by atoms with Gasteiger partial charge in [0, 0.05) is 12.1 Å². The molecule has 0 radical (unpaired) electrons. The minimum atomic E-state index is -0.220. The van der Waals surface area contributed by atoms with Gasteiger partial charge in [0.1, 0.15) is 0 Å². The van der Waals surface area contributed by atoms with Crippen LogP contribution in [-0.4, -0.2) is 18.4 Å². The van der Waals surface area contributed by atoms with Gasteiger partial charge in [-0.2, -0.15) is 0 Å². The molecule has 0 fully saturated rings. The van der Waals surface area contributed by atoms with E-state index in [9.17, 15) is 9.59 Å². The Balaban J connectivity index is 1.69. The van der Waals surface area contributed by atoms with Crippen LogP contribution in [-0.2, 0) is 22.4 Å². The van der Waals surface area contributed by atoms with Crippen molar-refractivity contribution in [3.8, 4) is 0 Å². The number of carbonyl (C=O) groups excluding carboxylic acids is 2. The monoisotopic (exact) mass is 310 g/mol. The first-order chi connectivity index (χ1) is 11.2. The lowest BCUT2D eigenvalue weighted by Gasteiger charge is -2.07. The van der Waals surface area contributed by atoms with Gasteiger partial charge in [0.2, 0.25) is 11.8 Å². The molecule has 2 aromatic carbocycles. The van der Waals surface area contributed by atoms with Crippen LogP contribution in [0.5, 0.6) is 0 Å². The molecule has 0 bridgehead atoms. The predicted molar refractivity (Wildman–Crippen MR) is 92.2 cm³/mol. The van der Waals surface area contributed by atoms with Gasteiger partial charge in [0.15, 0.2) is 0 Å². The molecule has 0 aliphatic carbocycles. The number of rotatable bonds is 7. The third-order valence-corrected chi connectivity index (χ3v) is 3.58. The van der Waals surface area contributed by atoms with E-state index in [4.69, 9.17) is 0 Å². The van der Waals surface area contributed by atoms with Gasteiger partial charge < -0.3 is 10.6 Å². The molecule has 2 aromatic rings. The number of carbonyl (C=O) groups is 2. The van der Waals surface area contributed by atoms with Crippen molar-refractivity contribution in [2.75, 3.05) is 11.9 Å². The van der Waals surface area contributed by atoms with Gasteiger partial charge in [-0.25, -0.2) is 0 Å². The highest BCUT2D eigenvalue weighted by Gasteiger charge is 2.06. The Morgan fingerprint density at radius 1 is 0.870 bits per heavy atom. The van der Waals surface area contributed by atoms with E-state index in [2.05, 4.69) is 17.6 Å².